The molecule has 0 bridgehead atoms. The largest absolute Gasteiger partial charge is 0.379 e. The van der Waals surface area contributed by atoms with Gasteiger partial charge in [-0.1, -0.05) is 6.07 Å². The van der Waals surface area contributed by atoms with Crippen molar-refractivity contribution in [2.45, 2.75) is 31.4 Å². The van der Waals surface area contributed by atoms with Gasteiger partial charge in [-0.2, -0.15) is 5.26 Å². The maximum Gasteiger partial charge on any atom is 0.103 e. The Kier molecular flexibility index (Phi) is 4.03. The molecular weight excluding hydrogens is 280 g/mol. The van der Waals surface area contributed by atoms with Gasteiger partial charge < -0.3 is 10.1 Å². The highest BCUT2D eigenvalue weighted by Crippen LogP contribution is 2.29. The highest BCUT2D eigenvalue weighted by Gasteiger charge is 2.27. The van der Waals surface area contributed by atoms with Gasteiger partial charge in [0.25, 0.3) is 0 Å². The lowest BCUT2D eigenvalue weighted by Gasteiger charge is -2.21. The first-order valence-electron chi connectivity index (χ1n) is 5.74. The maximum atomic E-state index is 9.15. The van der Waals surface area contributed by atoms with Crippen molar-refractivity contribution in [3.05, 3.63) is 28.2 Å². The minimum absolute atomic E-state index is 0.250. The maximum absolute atomic E-state index is 9.15. The van der Waals surface area contributed by atoms with Crippen LogP contribution in [0.15, 0.2) is 22.7 Å². The second-order valence-corrected chi connectivity index (χ2v) is 5.08. The first-order valence-corrected chi connectivity index (χ1v) is 6.53. The van der Waals surface area contributed by atoms with E-state index in [0.717, 1.165) is 23.0 Å². The summed E-state index contributed by atoms with van der Waals surface area (Å²) < 4.78 is 6.27. The number of hydrogen-bond donors (Lipinski definition) is 1. The Hall–Kier alpha value is -1.05. The third-order valence-corrected chi connectivity index (χ3v) is 3.88. The van der Waals surface area contributed by atoms with E-state index in [2.05, 4.69) is 27.3 Å². The fourth-order valence-electron chi connectivity index (χ4n) is 2.33. The summed E-state index contributed by atoms with van der Waals surface area (Å²) in [4.78, 5) is 0. The van der Waals surface area contributed by atoms with E-state index in [4.69, 9.17) is 10.00 Å². The first kappa shape index (κ1) is 12.4. The average molecular weight is 295 g/mol. The second kappa shape index (κ2) is 5.52. The van der Waals surface area contributed by atoms with Crippen LogP contribution >= 0.6 is 15.9 Å². The molecule has 90 valence electrons. The smallest absolute Gasteiger partial charge is 0.103 e. The predicted octanol–water partition coefficient (Wildman–Crippen LogP) is 3.30. The molecule has 0 aromatic heterocycles. The van der Waals surface area contributed by atoms with Crippen molar-refractivity contribution < 1.29 is 4.74 Å². The summed E-state index contributed by atoms with van der Waals surface area (Å²) in [5, 5.41) is 12.6. The van der Waals surface area contributed by atoms with Crippen LogP contribution in [-0.2, 0) is 4.74 Å². The number of methoxy groups -OCH3 is 1. The molecule has 2 rings (SSSR count). The molecule has 0 amide bonds. The van der Waals surface area contributed by atoms with Gasteiger partial charge >= 0.3 is 0 Å². The fourth-order valence-corrected chi connectivity index (χ4v) is 2.79. The predicted molar refractivity (Wildman–Crippen MR) is 70.9 cm³/mol. The summed E-state index contributed by atoms with van der Waals surface area (Å²) in [5.41, 5.74) is 1.55. The minimum atomic E-state index is 0.250. The molecule has 1 aromatic rings. The molecule has 4 heteroatoms. The van der Waals surface area contributed by atoms with Gasteiger partial charge in [0.2, 0.25) is 0 Å². The van der Waals surface area contributed by atoms with Crippen LogP contribution in [0, 0.1) is 11.3 Å². The molecule has 1 aliphatic carbocycles. The zero-order chi connectivity index (χ0) is 12.3. The molecule has 17 heavy (non-hydrogen) atoms. The van der Waals surface area contributed by atoms with Crippen molar-refractivity contribution in [2.75, 3.05) is 12.4 Å². The van der Waals surface area contributed by atoms with Gasteiger partial charge in [0.15, 0.2) is 0 Å². The molecular formula is C13H15BrN2O. The van der Waals surface area contributed by atoms with Gasteiger partial charge in [-0.05, 0) is 47.3 Å². The lowest BCUT2D eigenvalue weighted by Crippen LogP contribution is -2.30. The Bertz CT molecular complexity index is 442. The molecule has 3 nitrogen and oxygen atoms in total. The normalized spacial score (nSPS) is 23.4. The number of nitrogens with zero attached hydrogens (tertiary/aromatic N) is 1. The Labute approximate surface area is 110 Å². The molecule has 1 saturated carbocycles. The van der Waals surface area contributed by atoms with E-state index < -0.39 is 0 Å². The van der Waals surface area contributed by atoms with Crippen LogP contribution in [0.5, 0.6) is 0 Å². The number of benzene rings is 1. The molecule has 2 unspecified atom stereocenters. The molecule has 1 fully saturated rings. The molecule has 2 atom stereocenters. The van der Waals surface area contributed by atoms with E-state index in [1.54, 1.807) is 7.11 Å². The van der Waals surface area contributed by atoms with Crippen molar-refractivity contribution >= 4 is 21.6 Å². The quantitative estimate of drug-likeness (QED) is 0.930. The first-order chi connectivity index (χ1) is 8.26. The van der Waals surface area contributed by atoms with Crippen LogP contribution in [0.25, 0.3) is 0 Å². The Morgan fingerprint density at radius 3 is 3.00 bits per heavy atom. The van der Waals surface area contributed by atoms with Crippen LogP contribution in [-0.4, -0.2) is 19.3 Å². The van der Waals surface area contributed by atoms with Crippen LogP contribution in [0.2, 0.25) is 0 Å². The second-order valence-electron chi connectivity index (χ2n) is 4.23. The van der Waals surface area contributed by atoms with E-state index in [9.17, 15) is 0 Å². The summed E-state index contributed by atoms with van der Waals surface area (Å²) in [6.07, 6.45) is 3.60. The SMILES string of the molecule is COC1CCCC1Nc1cccc(Br)c1C#N. The summed E-state index contributed by atoms with van der Waals surface area (Å²) in [5.74, 6) is 0. The van der Waals surface area contributed by atoms with E-state index in [1.807, 2.05) is 18.2 Å². The molecule has 0 heterocycles. The molecule has 1 aromatic carbocycles. The molecule has 0 spiro atoms. The zero-order valence-electron chi connectivity index (χ0n) is 9.74. The van der Waals surface area contributed by atoms with E-state index in [0.29, 0.717) is 11.6 Å². The monoisotopic (exact) mass is 294 g/mol. The third-order valence-electron chi connectivity index (χ3n) is 3.22. The zero-order valence-corrected chi connectivity index (χ0v) is 11.3. The van der Waals surface area contributed by atoms with Crippen LogP contribution in [0.3, 0.4) is 0 Å². The summed E-state index contributed by atoms with van der Waals surface area (Å²) in [7, 11) is 1.75. The van der Waals surface area contributed by atoms with Gasteiger partial charge in [0, 0.05) is 11.6 Å². The highest BCUT2D eigenvalue weighted by atomic mass is 79.9. The lowest BCUT2D eigenvalue weighted by molar-refractivity contribution is 0.101. The number of halogens is 1. The van der Waals surface area contributed by atoms with Gasteiger partial charge in [0.1, 0.15) is 6.07 Å². The van der Waals surface area contributed by atoms with Crippen molar-refractivity contribution in [2.24, 2.45) is 0 Å². The van der Waals surface area contributed by atoms with Crippen LogP contribution in [0.4, 0.5) is 5.69 Å². The third kappa shape index (κ3) is 2.62. The topological polar surface area (TPSA) is 45.0 Å². The molecule has 0 saturated heterocycles. The number of rotatable bonds is 3. The van der Waals surface area contributed by atoms with E-state index in [1.165, 1.54) is 6.42 Å². The Morgan fingerprint density at radius 2 is 2.29 bits per heavy atom. The Balaban J connectivity index is 2.19. The Morgan fingerprint density at radius 1 is 1.47 bits per heavy atom. The number of anilines is 1. The van der Waals surface area contributed by atoms with Crippen molar-refractivity contribution in [3.8, 4) is 6.07 Å². The van der Waals surface area contributed by atoms with E-state index in [-0.39, 0.29) is 6.10 Å². The van der Waals surface area contributed by atoms with Crippen LogP contribution in [0.1, 0.15) is 24.8 Å². The standard InChI is InChI=1S/C13H15BrN2O/c1-17-13-7-3-6-12(13)16-11-5-2-4-10(14)9(11)8-15/h2,4-5,12-13,16H,3,6-7H2,1H3. The number of nitrogens with one attached hydrogen (secondary N) is 1. The minimum Gasteiger partial charge on any atom is -0.379 e. The van der Waals surface area contributed by atoms with Crippen molar-refractivity contribution in [3.63, 3.8) is 0 Å². The average Bonchev–Trinajstić information content (AvgIpc) is 2.77. The van der Waals surface area contributed by atoms with E-state index >= 15 is 0 Å². The van der Waals surface area contributed by atoms with Crippen molar-refractivity contribution in [1.29, 1.82) is 5.26 Å². The number of ether oxygens (including phenoxy) is 1. The summed E-state index contributed by atoms with van der Waals surface area (Å²) in [6, 6.07) is 8.28. The summed E-state index contributed by atoms with van der Waals surface area (Å²) >= 11 is 3.40. The van der Waals surface area contributed by atoms with Crippen LogP contribution < -0.4 is 5.32 Å². The molecule has 0 aliphatic heterocycles. The van der Waals surface area contributed by atoms with Gasteiger partial charge in [0.05, 0.1) is 23.4 Å². The van der Waals surface area contributed by atoms with Gasteiger partial charge in [-0.25, -0.2) is 0 Å². The van der Waals surface area contributed by atoms with Crippen molar-refractivity contribution in [1.82, 2.24) is 0 Å². The van der Waals surface area contributed by atoms with Gasteiger partial charge in [-0.15, -0.1) is 0 Å². The lowest BCUT2D eigenvalue weighted by atomic mass is 10.1. The highest BCUT2D eigenvalue weighted by molar-refractivity contribution is 9.10. The molecule has 1 aliphatic rings. The molecule has 1 N–H and O–H groups in total. The van der Waals surface area contributed by atoms with Gasteiger partial charge in [-0.3, -0.25) is 0 Å². The number of hydrogen-bond acceptors (Lipinski definition) is 3. The summed E-state index contributed by atoms with van der Waals surface area (Å²) in [6.45, 7) is 0. The molecule has 0 radical (unpaired) electrons. The number of nitriles is 1. The fraction of sp³-hybridized carbons (Fsp3) is 0.462.